The van der Waals surface area contributed by atoms with Gasteiger partial charge in [0.05, 0.1) is 0 Å². The van der Waals surface area contributed by atoms with Crippen LogP contribution in [0.1, 0.15) is 17.3 Å². The Balaban J connectivity index is 3.19. The molecule has 0 saturated carbocycles. The summed E-state index contributed by atoms with van der Waals surface area (Å²) >= 11 is 0. The molecule has 1 heterocycles. The fourth-order valence-electron chi connectivity index (χ4n) is 0.922. The van der Waals surface area contributed by atoms with E-state index in [1.165, 1.54) is 16.7 Å². The van der Waals surface area contributed by atoms with Gasteiger partial charge in [-0.2, -0.15) is 0 Å². The van der Waals surface area contributed by atoms with Crippen LogP contribution in [0, 0.1) is 6.92 Å². The molecule has 0 aliphatic heterocycles. The van der Waals surface area contributed by atoms with E-state index in [4.69, 9.17) is 6.92 Å². The van der Waals surface area contributed by atoms with E-state index in [0.717, 1.165) is 0 Å². The first kappa shape index (κ1) is 8.71. The van der Waals surface area contributed by atoms with Gasteiger partial charge in [0.15, 0.2) is 5.78 Å². The smallest absolute Gasteiger partial charge is 0.251 e. The molecule has 1 aromatic rings. The number of aromatic nitrogens is 1. The van der Waals surface area contributed by atoms with Crippen molar-refractivity contribution < 1.29 is 4.79 Å². The third-order valence-electron chi connectivity index (χ3n) is 1.62. The Kier molecular flexibility index (Phi) is 2.43. The van der Waals surface area contributed by atoms with Gasteiger partial charge in [0, 0.05) is 31.3 Å². The van der Waals surface area contributed by atoms with Crippen molar-refractivity contribution in [1.82, 2.24) is 4.57 Å². The zero-order chi connectivity index (χ0) is 9.14. The first-order chi connectivity index (χ1) is 5.65. The third-order valence-corrected chi connectivity index (χ3v) is 1.62. The normalized spacial score (nSPS) is 9.83. The highest BCUT2D eigenvalue weighted by Crippen LogP contribution is 1.94. The number of carbonyl (C=O) groups is 1. The van der Waals surface area contributed by atoms with E-state index in [9.17, 15) is 9.59 Å². The number of hydrogen-bond donors (Lipinski definition) is 0. The van der Waals surface area contributed by atoms with Crippen LogP contribution in [-0.4, -0.2) is 10.4 Å². The van der Waals surface area contributed by atoms with Gasteiger partial charge < -0.3 is 4.57 Å². The molecule has 0 spiro atoms. The van der Waals surface area contributed by atoms with Gasteiger partial charge in [0.1, 0.15) is 0 Å². The summed E-state index contributed by atoms with van der Waals surface area (Å²) in [5, 5.41) is 0. The molecule has 0 amide bonds. The van der Waals surface area contributed by atoms with Gasteiger partial charge in [0.25, 0.3) is 5.56 Å². The molecule has 0 saturated heterocycles. The fraction of sp³-hybridized carbons (Fsp3) is 0.222. The molecule has 0 aliphatic carbocycles. The standard InChI is InChI=1S/C9H9NO2/c1-3-10-5-4-8(7(2)11)6-9(10)12/h2,4-6H,3H2,1H3. The molecule has 0 unspecified atom stereocenters. The van der Waals surface area contributed by atoms with E-state index >= 15 is 0 Å². The Bertz CT molecular complexity index is 352. The van der Waals surface area contributed by atoms with Gasteiger partial charge >= 0.3 is 0 Å². The zero-order valence-electron chi connectivity index (χ0n) is 6.78. The molecular formula is C9H9NO2. The molecule has 1 aromatic heterocycles. The number of ketones is 1. The van der Waals surface area contributed by atoms with Crippen molar-refractivity contribution in [3.8, 4) is 0 Å². The van der Waals surface area contributed by atoms with Crippen molar-refractivity contribution in [3.05, 3.63) is 41.2 Å². The second-order valence-electron chi connectivity index (χ2n) is 2.40. The molecule has 2 radical (unpaired) electrons. The third kappa shape index (κ3) is 1.61. The van der Waals surface area contributed by atoms with E-state index < -0.39 is 5.78 Å². The summed E-state index contributed by atoms with van der Waals surface area (Å²) in [4.78, 5) is 21.8. The summed E-state index contributed by atoms with van der Waals surface area (Å²) in [6.07, 6.45) is 1.56. The average Bonchev–Trinajstić information content (AvgIpc) is 2.04. The second-order valence-corrected chi connectivity index (χ2v) is 2.40. The molecule has 3 nitrogen and oxygen atoms in total. The van der Waals surface area contributed by atoms with E-state index in [0.29, 0.717) is 6.54 Å². The monoisotopic (exact) mass is 163 g/mol. The summed E-state index contributed by atoms with van der Waals surface area (Å²) in [5.41, 5.74) is 0.0542. The minimum atomic E-state index is -0.574. The van der Waals surface area contributed by atoms with Crippen molar-refractivity contribution in [1.29, 1.82) is 0 Å². The van der Waals surface area contributed by atoms with Gasteiger partial charge in [-0.3, -0.25) is 9.59 Å². The van der Waals surface area contributed by atoms with Gasteiger partial charge in [-0.05, 0) is 13.0 Å². The lowest BCUT2D eigenvalue weighted by Gasteiger charge is -2.00. The van der Waals surface area contributed by atoms with Gasteiger partial charge in [-0.15, -0.1) is 0 Å². The minimum Gasteiger partial charge on any atom is -0.316 e. The second kappa shape index (κ2) is 3.34. The Morgan fingerprint density at radius 2 is 2.33 bits per heavy atom. The van der Waals surface area contributed by atoms with Crippen LogP contribution in [0.4, 0.5) is 0 Å². The molecule has 62 valence electrons. The number of carbonyl (C=O) groups excluding carboxylic acids is 1. The maximum Gasteiger partial charge on any atom is 0.251 e. The van der Waals surface area contributed by atoms with Gasteiger partial charge in [-0.1, -0.05) is 0 Å². The predicted molar refractivity (Wildman–Crippen MR) is 45.0 cm³/mol. The summed E-state index contributed by atoms with van der Waals surface area (Å²) in [6, 6.07) is 2.78. The number of Topliss-reactive ketones (excluding diaryl/α,β-unsaturated/α-hetero) is 1. The topological polar surface area (TPSA) is 39.1 Å². The molecule has 0 bridgehead atoms. The lowest BCUT2D eigenvalue weighted by atomic mass is 10.2. The zero-order valence-corrected chi connectivity index (χ0v) is 6.78. The van der Waals surface area contributed by atoms with Crippen LogP contribution in [0.2, 0.25) is 0 Å². The first-order valence-corrected chi connectivity index (χ1v) is 3.65. The van der Waals surface area contributed by atoms with Crippen molar-refractivity contribution in [2.24, 2.45) is 0 Å². The van der Waals surface area contributed by atoms with Crippen LogP contribution < -0.4 is 5.56 Å². The SMILES string of the molecule is [CH]C(=O)c1ccn(CC)c(=O)c1. The van der Waals surface area contributed by atoms with Crippen molar-refractivity contribution in [2.45, 2.75) is 13.5 Å². The van der Waals surface area contributed by atoms with Crippen molar-refractivity contribution >= 4 is 5.78 Å². The first-order valence-electron chi connectivity index (χ1n) is 3.65. The number of hydrogen-bond acceptors (Lipinski definition) is 2. The van der Waals surface area contributed by atoms with Crippen LogP contribution in [0.25, 0.3) is 0 Å². The maximum absolute atomic E-state index is 11.1. The van der Waals surface area contributed by atoms with E-state index in [1.54, 1.807) is 6.20 Å². The number of nitrogens with zero attached hydrogens (tertiary/aromatic N) is 1. The maximum atomic E-state index is 11.1. The highest BCUT2D eigenvalue weighted by molar-refractivity contribution is 5.99. The fourth-order valence-corrected chi connectivity index (χ4v) is 0.922. The molecule has 0 aliphatic rings. The molecular weight excluding hydrogens is 154 g/mol. The van der Waals surface area contributed by atoms with Crippen molar-refractivity contribution in [3.63, 3.8) is 0 Å². The summed E-state index contributed by atoms with van der Waals surface area (Å²) < 4.78 is 1.49. The lowest BCUT2D eigenvalue weighted by Crippen LogP contribution is -2.18. The number of pyridine rings is 1. The molecule has 12 heavy (non-hydrogen) atoms. The summed E-state index contributed by atoms with van der Waals surface area (Å²) in [6.45, 7) is 7.43. The highest BCUT2D eigenvalue weighted by atomic mass is 16.1. The lowest BCUT2D eigenvalue weighted by molar-refractivity contribution is 0.104. The van der Waals surface area contributed by atoms with Gasteiger partial charge in [-0.25, -0.2) is 0 Å². The Morgan fingerprint density at radius 3 is 2.75 bits per heavy atom. The van der Waals surface area contributed by atoms with E-state index in [1.807, 2.05) is 6.92 Å². The van der Waals surface area contributed by atoms with Crippen LogP contribution >= 0.6 is 0 Å². The molecule has 0 N–H and O–H groups in total. The van der Waals surface area contributed by atoms with Gasteiger partial charge in [0.2, 0.25) is 0 Å². The summed E-state index contributed by atoms with van der Waals surface area (Å²) in [5.74, 6) is -0.574. The quantitative estimate of drug-likeness (QED) is 0.604. The van der Waals surface area contributed by atoms with E-state index in [-0.39, 0.29) is 11.1 Å². The molecule has 1 rings (SSSR count). The van der Waals surface area contributed by atoms with Crippen LogP contribution in [0.5, 0.6) is 0 Å². The Labute approximate surface area is 70.6 Å². The van der Waals surface area contributed by atoms with Crippen molar-refractivity contribution in [2.75, 3.05) is 0 Å². The Hall–Kier alpha value is -1.38. The van der Waals surface area contributed by atoms with Crippen LogP contribution in [0.15, 0.2) is 23.1 Å². The largest absolute Gasteiger partial charge is 0.316 e. The molecule has 3 heteroatoms. The van der Waals surface area contributed by atoms with E-state index in [2.05, 4.69) is 0 Å². The minimum absolute atomic E-state index is 0.200. The molecule has 0 fully saturated rings. The summed E-state index contributed by atoms with van der Waals surface area (Å²) in [7, 11) is 0. The van der Waals surface area contributed by atoms with Crippen LogP contribution in [-0.2, 0) is 6.54 Å². The Morgan fingerprint density at radius 1 is 1.67 bits per heavy atom. The molecule has 0 aromatic carbocycles. The number of rotatable bonds is 2. The number of aryl methyl sites for hydroxylation is 1. The predicted octanol–water partition coefficient (Wildman–Crippen LogP) is 0.762. The average molecular weight is 163 g/mol. The highest BCUT2D eigenvalue weighted by Gasteiger charge is 2.00. The molecule has 0 atom stereocenters. The van der Waals surface area contributed by atoms with Crippen LogP contribution in [0.3, 0.4) is 0 Å².